The van der Waals surface area contributed by atoms with Crippen molar-refractivity contribution in [2.24, 2.45) is 5.41 Å². The van der Waals surface area contributed by atoms with Crippen molar-refractivity contribution in [2.45, 2.75) is 33.1 Å². The molecular formula is C16H23NO2. The number of nitrogens with zero attached hydrogens (tertiary/aromatic N) is 1. The van der Waals surface area contributed by atoms with E-state index in [1.807, 2.05) is 17.0 Å². The zero-order valence-corrected chi connectivity index (χ0v) is 12.1. The van der Waals surface area contributed by atoms with E-state index in [0.717, 1.165) is 31.7 Å². The van der Waals surface area contributed by atoms with Gasteiger partial charge in [-0.15, -0.1) is 0 Å². The van der Waals surface area contributed by atoms with Crippen LogP contribution in [-0.2, 0) is 11.2 Å². The fraction of sp³-hybridized carbons (Fsp3) is 0.562. The fourth-order valence-electron chi connectivity index (χ4n) is 2.96. The van der Waals surface area contributed by atoms with Gasteiger partial charge in [-0.3, -0.25) is 4.79 Å². The van der Waals surface area contributed by atoms with Crippen molar-refractivity contribution in [1.82, 2.24) is 4.90 Å². The van der Waals surface area contributed by atoms with Gasteiger partial charge in [-0.05, 0) is 42.4 Å². The molecule has 1 heterocycles. The minimum absolute atomic E-state index is 0.193. The number of rotatable bonds is 3. The Labute approximate surface area is 115 Å². The van der Waals surface area contributed by atoms with Gasteiger partial charge in [-0.2, -0.15) is 0 Å². The third-order valence-corrected chi connectivity index (χ3v) is 4.02. The lowest BCUT2D eigenvalue weighted by molar-refractivity contribution is -0.132. The number of benzene rings is 1. The van der Waals surface area contributed by atoms with Crippen molar-refractivity contribution in [3.63, 3.8) is 0 Å². The third kappa shape index (κ3) is 3.49. The highest BCUT2D eigenvalue weighted by Gasteiger charge is 2.32. The first-order valence-electron chi connectivity index (χ1n) is 6.91. The van der Waals surface area contributed by atoms with Gasteiger partial charge in [0.15, 0.2) is 0 Å². The van der Waals surface area contributed by atoms with E-state index in [1.165, 1.54) is 12.0 Å². The van der Waals surface area contributed by atoms with E-state index >= 15 is 0 Å². The molecule has 0 bridgehead atoms. The van der Waals surface area contributed by atoms with Gasteiger partial charge in [-0.25, -0.2) is 0 Å². The van der Waals surface area contributed by atoms with E-state index in [1.54, 1.807) is 14.0 Å². The fourth-order valence-corrected chi connectivity index (χ4v) is 2.96. The first kappa shape index (κ1) is 13.9. The Balaban J connectivity index is 2.05. The van der Waals surface area contributed by atoms with Crippen LogP contribution in [0.3, 0.4) is 0 Å². The van der Waals surface area contributed by atoms with Gasteiger partial charge >= 0.3 is 0 Å². The first-order valence-corrected chi connectivity index (χ1v) is 6.91. The van der Waals surface area contributed by atoms with Gasteiger partial charge in [0.05, 0.1) is 7.11 Å². The summed E-state index contributed by atoms with van der Waals surface area (Å²) < 4.78 is 5.18. The molecule has 104 valence electrons. The van der Waals surface area contributed by atoms with Crippen LogP contribution in [0.4, 0.5) is 0 Å². The summed E-state index contributed by atoms with van der Waals surface area (Å²) in [5.41, 5.74) is 1.51. The number of carbonyl (C=O) groups is 1. The molecule has 3 heteroatoms. The highest BCUT2D eigenvalue weighted by atomic mass is 16.5. The number of methoxy groups -OCH3 is 1. The number of carbonyl (C=O) groups excluding carboxylic acids is 1. The molecule has 0 aliphatic carbocycles. The average Bonchev–Trinajstić information content (AvgIpc) is 2.39. The maximum atomic E-state index is 11.5. The molecule has 1 aliphatic rings. The monoisotopic (exact) mass is 261 g/mol. The lowest BCUT2D eigenvalue weighted by Gasteiger charge is -2.40. The van der Waals surface area contributed by atoms with Crippen molar-refractivity contribution < 1.29 is 9.53 Å². The summed E-state index contributed by atoms with van der Waals surface area (Å²) in [5, 5.41) is 0. The van der Waals surface area contributed by atoms with Crippen molar-refractivity contribution in [3.05, 3.63) is 29.8 Å². The normalized spacial score (nSPS) is 23.2. The average molecular weight is 261 g/mol. The Bertz CT molecular complexity index is 441. The van der Waals surface area contributed by atoms with E-state index in [0.29, 0.717) is 0 Å². The van der Waals surface area contributed by atoms with E-state index in [9.17, 15) is 4.79 Å². The molecule has 0 N–H and O–H groups in total. The number of likely N-dealkylation sites (tertiary alicyclic amines) is 1. The second kappa shape index (κ2) is 5.64. The Morgan fingerprint density at radius 3 is 2.63 bits per heavy atom. The molecule has 1 aliphatic heterocycles. The van der Waals surface area contributed by atoms with E-state index < -0.39 is 0 Å². The quantitative estimate of drug-likeness (QED) is 0.837. The maximum Gasteiger partial charge on any atom is 0.219 e. The lowest BCUT2D eigenvalue weighted by Crippen LogP contribution is -2.44. The van der Waals surface area contributed by atoms with Crippen molar-refractivity contribution in [1.29, 1.82) is 0 Å². The molecule has 0 radical (unpaired) electrons. The first-order chi connectivity index (χ1) is 9.02. The zero-order valence-electron chi connectivity index (χ0n) is 12.1. The predicted molar refractivity (Wildman–Crippen MR) is 76.3 cm³/mol. The number of hydrogen-bond donors (Lipinski definition) is 0. The molecule has 0 saturated carbocycles. The van der Waals surface area contributed by atoms with Crippen LogP contribution in [0.15, 0.2) is 24.3 Å². The molecule has 1 atom stereocenters. The standard InChI is InChI=1S/C16H23NO2/c1-13(18)17-10-4-9-16(2,12-17)11-14-5-7-15(19-3)8-6-14/h5-8H,4,9-12H2,1-3H3. The van der Waals surface area contributed by atoms with E-state index in [-0.39, 0.29) is 11.3 Å². The summed E-state index contributed by atoms with van der Waals surface area (Å²) in [6, 6.07) is 8.25. The summed E-state index contributed by atoms with van der Waals surface area (Å²) in [6.45, 7) is 5.73. The van der Waals surface area contributed by atoms with Gasteiger partial charge in [0.25, 0.3) is 0 Å². The summed E-state index contributed by atoms with van der Waals surface area (Å²) in [7, 11) is 1.68. The molecule has 2 rings (SSSR count). The molecule has 1 fully saturated rings. The van der Waals surface area contributed by atoms with Gasteiger partial charge in [0.2, 0.25) is 5.91 Å². The second-order valence-electron chi connectivity index (χ2n) is 5.88. The maximum absolute atomic E-state index is 11.5. The highest BCUT2D eigenvalue weighted by Crippen LogP contribution is 2.33. The predicted octanol–water partition coefficient (Wildman–Crippen LogP) is 2.89. The number of ether oxygens (including phenoxy) is 1. The molecule has 1 saturated heterocycles. The van der Waals surface area contributed by atoms with Gasteiger partial charge in [0.1, 0.15) is 5.75 Å². The van der Waals surface area contributed by atoms with Crippen LogP contribution in [0.5, 0.6) is 5.75 Å². The van der Waals surface area contributed by atoms with Gasteiger partial charge in [0, 0.05) is 20.0 Å². The Hall–Kier alpha value is -1.51. The van der Waals surface area contributed by atoms with Crippen LogP contribution in [0.25, 0.3) is 0 Å². The summed E-state index contributed by atoms with van der Waals surface area (Å²) in [6.07, 6.45) is 3.30. The highest BCUT2D eigenvalue weighted by molar-refractivity contribution is 5.73. The third-order valence-electron chi connectivity index (χ3n) is 4.02. The second-order valence-corrected chi connectivity index (χ2v) is 5.88. The topological polar surface area (TPSA) is 29.5 Å². The van der Waals surface area contributed by atoms with Gasteiger partial charge < -0.3 is 9.64 Å². The van der Waals surface area contributed by atoms with Crippen molar-refractivity contribution in [3.8, 4) is 5.75 Å². The zero-order chi connectivity index (χ0) is 13.9. The lowest BCUT2D eigenvalue weighted by atomic mass is 9.77. The molecule has 3 nitrogen and oxygen atoms in total. The van der Waals surface area contributed by atoms with Crippen molar-refractivity contribution >= 4 is 5.91 Å². The van der Waals surface area contributed by atoms with E-state index in [2.05, 4.69) is 19.1 Å². The molecule has 19 heavy (non-hydrogen) atoms. The van der Waals surface area contributed by atoms with Crippen LogP contribution < -0.4 is 4.74 Å². The largest absolute Gasteiger partial charge is 0.497 e. The van der Waals surface area contributed by atoms with Crippen LogP contribution in [0.1, 0.15) is 32.3 Å². The van der Waals surface area contributed by atoms with Crippen LogP contribution in [0, 0.1) is 5.41 Å². The molecule has 0 aromatic heterocycles. The molecular weight excluding hydrogens is 238 g/mol. The van der Waals surface area contributed by atoms with Crippen LogP contribution in [0.2, 0.25) is 0 Å². The van der Waals surface area contributed by atoms with E-state index in [4.69, 9.17) is 4.74 Å². The van der Waals surface area contributed by atoms with Crippen molar-refractivity contribution in [2.75, 3.05) is 20.2 Å². The summed E-state index contributed by atoms with van der Waals surface area (Å²) >= 11 is 0. The van der Waals surface area contributed by atoms with Crippen LogP contribution >= 0.6 is 0 Å². The van der Waals surface area contributed by atoms with Gasteiger partial charge in [-0.1, -0.05) is 19.1 Å². The number of hydrogen-bond acceptors (Lipinski definition) is 2. The minimum Gasteiger partial charge on any atom is -0.497 e. The van der Waals surface area contributed by atoms with Crippen LogP contribution in [-0.4, -0.2) is 31.0 Å². The Morgan fingerprint density at radius 1 is 1.37 bits per heavy atom. The summed E-state index contributed by atoms with van der Waals surface area (Å²) in [5.74, 6) is 1.09. The molecule has 1 unspecified atom stereocenters. The smallest absolute Gasteiger partial charge is 0.219 e. The summed E-state index contributed by atoms with van der Waals surface area (Å²) in [4.78, 5) is 13.5. The SMILES string of the molecule is COc1ccc(CC2(C)CCCN(C(C)=O)C2)cc1. The molecule has 0 spiro atoms. The number of piperidine rings is 1. The molecule has 1 amide bonds. The molecule has 1 aromatic carbocycles. The molecule has 1 aromatic rings. The Kier molecular flexibility index (Phi) is 4.13. The number of amides is 1. The Morgan fingerprint density at radius 2 is 2.05 bits per heavy atom. The minimum atomic E-state index is 0.193.